The van der Waals surface area contributed by atoms with Crippen LogP contribution in [0.15, 0.2) is 36.4 Å². The van der Waals surface area contributed by atoms with Gasteiger partial charge in [-0.2, -0.15) is 0 Å². The molecule has 0 aliphatic carbocycles. The lowest BCUT2D eigenvalue weighted by Crippen LogP contribution is -2.47. The molecular formula is C26H35N3O3. The number of benzene rings is 2. The van der Waals surface area contributed by atoms with Crippen LogP contribution in [0, 0.1) is 20.8 Å². The summed E-state index contributed by atoms with van der Waals surface area (Å²) in [5.74, 6) is 0.877. The molecule has 0 unspecified atom stereocenters. The van der Waals surface area contributed by atoms with Crippen LogP contribution >= 0.6 is 0 Å². The highest BCUT2D eigenvalue weighted by atomic mass is 16.5. The lowest BCUT2D eigenvalue weighted by atomic mass is 9.99. The van der Waals surface area contributed by atoms with E-state index in [0.29, 0.717) is 13.1 Å². The summed E-state index contributed by atoms with van der Waals surface area (Å²) in [5.41, 5.74) is 10.8. The maximum Gasteiger partial charge on any atom is 0.260 e. The van der Waals surface area contributed by atoms with Crippen molar-refractivity contribution in [3.63, 3.8) is 0 Å². The summed E-state index contributed by atoms with van der Waals surface area (Å²) in [5, 5.41) is 0. The van der Waals surface area contributed by atoms with Gasteiger partial charge in [0.05, 0.1) is 6.54 Å². The molecule has 32 heavy (non-hydrogen) atoms. The normalized spacial score (nSPS) is 14.9. The number of nitrogens with two attached hydrogens (primary N) is 1. The van der Waals surface area contributed by atoms with Gasteiger partial charge in [-0.05, 0) is 55.9 Å². The van der Waals surface area contributed by atoms with Crippen LogP contribution in [0.1, 0.15) is 45.5 Å². The Morgan fingerprint density at radius 3 is 2.38 bits per heavy atom. The number of amides is 1. The summed E-state index contributed by atoms with van der Waals surface area (Å²) in [4.78, 5) is 29.3. The Bertz CT molecular complexity index is 951. The van der Waals surface area contributed by atoms with Crippen LogP contribution < -0.4 is 10.5 Å². The average Bonchev–Trinajstić information content (AvgIpc) is 2.81. The van der Waals surface area contributed by atoms with E-state index in [1.54, 1.807) is 4.90 Å². The third-order valence-corrected chi connectivity index (χ3v) is 6.67. The molecule has 0 saturated carbocycles. The number of likely N-dealkylation sites (N-methyl/N-ethyl adjacent to an activating group) is 1. The fourth-order valence-electron chi connectivity index (χ4n) is 4.34. The highest BCUT2D eigenvalue weighted by Crippen LogP contribution is 2.29. The van der Waals surface area contributed by atoms with Gasteiger partial charge in [0.2, 0.25) is 0 Å². The van der Waals surface area contributed by atoms with Crippen molar-refractivity contribution in [2.75, 3.05) is 33.3 Å². The smallest absolute Gasteiger partial charge is 0.260 e. The standard InChI is InChI=1S/C26H35N3O3/c1-18-14-22(15-27)20(3)26(19(18)2)32-17-25(31)28(4)23-10-12-29(13-11-23)16-24(30)21-8-6-5-7-9-21/h5-9,14,23H,10-13,15-17,27H2,1-4H3. The minimum Gasteiger partial charge on any atom is -0.483 e. The van der Waals surface area contributed by atoms with Gasteiger partial charge < -0.3 is 15.4 Å². The van der Waals surface area contributed by atoms with Gasteiger partial charge in [0.25, 0.3) is 5.91 Å². The maximum atomic E-state index is 12.8. The van der Waals surface area contributed by atoms with E-state index in [9.17, 15) is 9.59 Å². The van der Waals surface area contributed by atoms with Crippen molar-refractivity contribution < 1.29 is 14.3 Å². The number of likely N-dealkylation sites (tertiary alicyclic amines) is 1. The van der Waals surface area contributed by atoms with E-state index in [-0.39, 0.29) is 24.3 Å². The predicted octanol–water partition coefficient (Wildman–Crippen LogP) is 3.26. The fourth-order valence-corrected chi connectivity index (χ4v) is 4.34. The average molecular weight is 438 g/mol. The summed E-state index contributed by atoms with van der Waals surface area (Å²) in [6.45, 7) is 8.53. The fraction of sp³-hybridized carbons (Fsp3) is 0.462. The predicted molar refractivity (Wildman–Crippen MR) is 127 cm³/mol. The van der Waals surface area contributed by atoms with Gasteiger partial charge in [-0.3, -0.25) is 14.5 Å². The van der Waals surface area contributed by atoms with Crippen LogP contribution in [0.3, 0.4) is 0 Å². The first kappa shape index (κ1) is 24.0. The number of aryl methyl sites for hydroxylation is 1. The van der Waals surface area contributed by atoms with Gasteiger partial charge in [-0.25, -0.2) is 0 Å². The SMILES string of the molecule is Cc1cc(CN)c(C)c(OCC(=O)N(C)C2CCN(CC(=O)c3ccccc3)CC2)c1C. The number of carbonyl (C=O) groups excluding carboxylic acids is 2. The second kappa shape index (κ2) is 10.7. The number of hydrogen-bond acceptors (Lipinski definition) is 5. The van der Waals surface area contributed by atoms with E-state index in [0.717, 1.165) is 59.5 Å². The Balaban J connectivity index is 1.51. The van der Waals surface area contributed by atoms with Gasteiger partial charge in [-0.15, -0.1) is 0 Å². The topological polar surface area (TPSA) is 75.9 Å². The molecule has 2 aromatic carbocycles. The molecular weight excluding hydrogens is 402 g/mol. The maximum absolute atomic E-state index is 12.8. The molecule has 2 N–H and O–H groups in total. The van der Waals surface area contributed by atoms with Crippen molar-refractivity contribution in [3.8, 4) is 5.75 Å². The van der Waals surface area contributed by atoms with E-state index in [1.165, 1.54) is 0 Å². The van der Waals surface area contributed by atoms with Crippen LogP contribution in [-0.2, 0) is 11.3 Å². The molecule has 1 amide bonds. The van der Waals surface area contributed by atoms with Crippen molar-refractivity contribution in [2.45, 2.75) is 46.2 Å². The van der Waals surface area contributed by atoms with E-state index in [4.69, 9.17) is 10.5 Å². The first-order valence-electron chi connectivity index (χ1n) is 11.3. The van der Waals surface area contributed by atoms with Crippen LogP contribution in [-0.4, -0.2) is 60.8 Å². The van der Waals surface area contributed by atoms with Crippen molar-refractivity contribution in [1.82, 2.24) is 9.80 Å². The Kier molecular flexibility index (Phi) is 8.04. The molecule has 6 nitrogen and oxygen atoms in total. The number of carbonyl (C=O) groups is 2. The molecule has 0 spiro atoms. The second-order valence-corrected chi connectivity index (χ2v) is 8.73. The number of ketones is 1. The minimum atomic E-state index is -0.0292. The molecule has 0 radical (unpaired) electrons. The van der Waals surface area contributed by atoms with Crippen LogP contribution in [0.25, 0.3) is 0 Å². The number of Topliss-reactive ketones (excluding diaryl/α,β-unsaturated/α-hetero) is 1. The molecule has 1 saturated heterocycles. The zero-order valence-electron chi connectivity index (χ0n) is 19.7. The van der Waals surface area contributed by atoms with E-state index in [1.807, 2.05) is 58.2 Å². The van der Waals surface area contributed by atoms with E-state index >= 15 is 0 Å². The Morgan fingerprint density at radius 1 is 1.09 bits per heavy atom. The first-order chi connectivity index (χ1) is 15.3. The molecule has 1 aliphatic heterocycles. The monoisotopic (exact) mass is 437 g/mol. The highest BCUT2D eigenvalue weighted by molar-refractivity contribution is 5.97. The Morgan fingerprint density at radius 2 is 1.75 bits per heavy atom. The number of ether oxygens (including phenoxy) is 1. The van der Waals surface area contributed by atoms with Crippen molar-refractivity contribution in [2.24, 2.45) is 5.73 Å². The van der Waals surface area contributed by atoms with Gasteiger partial charge in [0, 0.05) is 38.3 Å². The van der Waals surface area contributed by atoms with E-state index in [2.05, 4.69) is 11.0 Å². The third kappa shape index (κ3) is 5.56. The second-order valence-electron chi connectivity index (χ2n) is 8.73. The van der Waals surface area contributed by atoms with Crippen molar-refractivity contribution >= 4 is 11.7 Å². The molecule has 0 aromatic heterocycles. The van der Waals surface area contributed by atoms with Gasteiger partial charge in [-0.1, -0.05) is 36.4 Å². The van der Waals surface area contributed by atoms with Crippen molar-refractivity contribution in [3.05, 3.63) is 64.2 Å². The van der Waals surface area contributed by atoms with Gasteiger partial charge in [0.15, 0.2) is 12.4 Å². The zero-order chi connectivity index (χ0) is 23.3. The minimum absolute atomic E-state index is 0.0123. The number of nitrogens with zero attached hydrogens (tertiary/aromatic N) is 2. The highest BCUT2D eigenvalue weighted by Gasteiger charge is 2.27. The summed E-state index contributed by atoms with van der Waals surface area (Å²) >= 11 is 0. The summed E-state index contributed by atoms with van der Waals surface area (Å²) in [7, 11) is 1.85. The zero-order valence-corrected chi connectivity index (χ0v) is 19.7. The van der Waals surface area contributed by atoms with Crippen molar-refractivity contribution in [1.29, 1.82) is 0 Å². The van der Waals surface area contributed by atoms with Crippen LogP contribution in [0.4, 0.5) is 0 Å². The molecule has 0 bridgehead atoms. The summed E-state index contributed by atoms with van der Waals surface area (Å²) in [6.07, 6.45) is 1.70. The number of rotatable bonds is 8. The van der Waals surface area contributed by atoms with Crippen LogP contribution in [0.2, 0.25) is 0 Å². The molecule has 1 heterocycles. The molecule has 2 aromatic rings. The lowest BCUT2D eigenvalue weighted by Gasteiger charge is -2.36. The Hall–Kier alpha value is -2.70. The molecule has 172 valence electrons. The van der Waals surface area contributed by atoms with Gasteiger partial charge >= 0.3 is 0 Å². The molecule has 1 aliphatic rings. The van der Waals surface area contributed by atoms with Crippen LogP contribution in [0.5, 0.6) is 5.75 Å². The quantitative estimate of drug-likeness (QED) is 0.642. The summed E-state index contributed by atoms with van der Waals surface area (Å²) < 4.78 is 5.99. The first-order valence-corrected chi connectivity index (χ1v) is 11.3. The molecule has 0 atom stereocenters. The number of piperidine rings is 1. The molecule has 6 heteroatoms. The summed E-state index contributed by atoms with van der Waals surface area (Å²) in [6, 6.07) is 11.6. The third-order valence-electron chi connectivity index (χ3n) is 6.67. The van der Waals surface area contributed by atoms with E-state index < -0.39 is 0 Å². The Labute approximate surface area is 191 Å². The lowest BCUT2D eigenvalue weighted by molar-refractivity contribution is -0.135. The van der Waals surface area contributed by atoms with Gasteiger partial charge in [0.1, 0.15) is 5.75 Å². The number of hydrogen-bond donors (Lipinski definition) is 1. The molecule has 1 fully saturated rings. The largest absolute Gasteiger partial charge is 0.483 e. The molecule has 3 rings (SSSR count).